The van der Waals surface area contributed by atoms with E-state index >= 15 is 0 Å². The fourth-order valence-corrected chi connectivity index (χ4v) is 1.72. The van der Waals surface area contributed by atoms with Crippen LogP contribution in [0.15, 0.2) is 30.3 Å². The summed E-state index contributed by atoms with van der Waals surface area (Å²) in [5.41, 5.74) is 0.783. The predicted octanol–water partition coefficient (Wildman–Crippen LogP) is 0.909. The zero-order chi connectivity index (χ0) is 15.1. The van der Waals surface area contributed by atoms with Gasteiger partial charge in [-0.15, -0.1) is 0 Å². The summed E-state index contributed by atoms with van der Waals surface area (Å²) in [5, 5.41) is 20.1. The lowest BCUT2D eigenvalue weighted by molar-refractivity contribution is -0.143. The van der Waals surface area contributed by atoms with Crippen LogP contribution in [0.25, 0.3) is 0 Å². The standard InChI is InChI=1S/C14H17NO5/c1-9(7-12(16)17)13(18)15-11(14(19)20)8-10-5-3-2-4-6-10/h2-6,9,11H,7-8H2,1H3,(H,15,18)(H,16,17)(H,19,20)/t9-,11-/m0/s1. The molecule has 1 aromatic rings. The predicted molar refractivity (Wildman–Crippen MR) is 71.1 cm³/mol. The summed E-state index contributed by atoms with van der Waals surface area (Å²) in [6, 6.07) is 7.84. The number of carbonyl (C=O) groups excluding carboxylic acids is 1. The number of hydrogen-bond donors (Lipinski definition) is 3. The summed E-state index contributed by atoms with van der Waals surface area (Å²) in [5.74, 6) is -3.59. The largest absolute Gasteiger partial charge is 0.481 e. The van der Waals surface area contributed by atoms with E-state index in [1.807, 2.05) is 6.07 Å². The topological polar surface area (TPSA) is 104 Å². The van der Waals surface area contributed by atoms with E-state index in [9.17, 15) is 14.4 Å². The molecular formula is C14H17NO5. The number of carboxylic acids is 2. The van der Waals surface area contributed by atoms with Gasteiger partial charge in [0.2, 0.25) is 5.91 Å². The molecule has 1 amide bonds. The van der Waals surface area contributed by atoms with Crippen molar-refractivity contribution in [2.75, 3.05) is 0 Å². The van der Waals surface area contributed by atoms with E-state index in [0.29, 0.717) is 0 Å². The van der Waals surface area contributed by atoms with Gasteiger partial charge in [-0.05, 0) is 5.56 Å². The van der Waals surface area contributed by atoms with Gasteiger partial charge in [-0.1, -0.05) is 37.3 Å². The summed E-state index contributed by atoms with van der Waals surface area (Å²) in [4.78, 5) is 33.4. The molecule has 0 saturated heterocycles. The normalized spacial score (nSPS) is 13.2. The lowest BCUT2D eigenvalue weighted by Gasteiger charge is -2.17. The Balaban J connectivity index is 2.66. The number of nitrogens with one attached hydrogen (secondary N) is 1. The van der Waals surface area contributed by atoms with Gasteiger partial charge >= 0.3 is 11.9 Å². The maximum atomic E-state index is 11.7. The molecule has 0 aromatic heterocycles. The van der Waals surface area contributed by atoms with Crippen LogP contribution in [0.5, 0.6) is 0 Å². The first-order valence-electron chi connectivity index (χ1n) is 6.19. The molecule has 20 heavy (non-hydrogen) atoms. The molecule has 0 aliphatic heterocycles. The van der Waals surface area contributed by atoms with Crippen molar-refractivity contribution in [1.82, 2.24) is 5.32 Å². The van der Waals surface area contributed by atoms with Crippen molar-refractivity contribution in [2.24, 2.45) is 5.92 Å². The molecule has 0 aliphatic carbocycles. The lowest BCUT2D eigenvalue weighted by atomic mass is 10.0. The minimum Gasteiger partial charge on any atom is -0.481 e. The highest BCUT2D eigenvalue weighted by molar-refractivity contribution is 5.87. The van der Waals surface area contributed by atoms with Crippen molar-refractivity contribution < 1.29 is 24.6 Å². The minimum atomic E-state index is -1.15. The van der Waals surface area contributed by atoms with Gasteiger partial charge < -0.3 is 15.5 Å². The van der Waals surface area contributed by atoms with Crippen molar-refractivity contribution in [1.29, 1.82) is 0 Å². The van der Waals surface area contributed by atoms with E-state index in [4.69, 9.17) is 10.2 Å². The van der Waals surface area contributed by atoms with Gasteiger partial charge in [0.1, 0.15) is 6.04 Å². The Morgan fingerprint density at radius 3 is 2.25 bits per heavy atom. The maximum absolute atomic E-state index is 11.7. The Labute approximate surface area is 116 Å². The number of amides is 1. The monoisotopic (exact) mass is 279 g/mol. The molecule has 0 radical (unpaired) electrons. The van der Waals surface area contributed by atoms with Crippen LogP contribution >= 0.6 is 0 Å². The molecule has 108 valence electrons. The van der Waals surface area contributed by atoms with Crippen LogP contribution in [0.2, 0.25) is 0 Å². The van der Waals surface area contributed by atoms with Crippen molar-refractivity contribution in [3.63, 3.8) is 0 Å². The number of aliphatic carboxylic acids is 2. The summed E-state index contributed by atoms with van der Waals surface area (Å²) in [6.45, 7) is 1.45. The molecule has 0 unspecified atom stereocenters. The smallest absolute Gasteiger partial charge is 0.326 e. The second-order valence-corrected chi connectivity index (χ2v) is 4.59. The summed E-state index contributed by atoms with van der Waals surface area (Å²) in [6.07, 6.45) is -0.175. The number of rotatable bonds is 7. The average molecular weight is 279 g/mol. The molecule has 6 nitrogen and oxygen atoms in total. The first-order valence-corrected chi connectivity index (χ1v) is 6.19. The third-order valence-corrected chi connectivity index (χ3v) is 2.83. The third-order valence-electron chi connectivity index (χ3n) is 2.83. The zero-order valence-electron chi connectivity index (χ0n) is 11.1. The van der Waals surface area contributed by atoms with Crippen LogP contribution in [0, 0.1) is 5.92 Å². The first-order chi connectivity index (χ1) is 9.40. The number of hydrogen-bond acceptors (Lipinski definition) is 3. The van der Waals surface area contributed by atoms with E-state index in [1.54, 1.807) is 24.3 Å². The second-order valence-electron chi connectivity index (χ2n) is 4.59. The molecular weight excluding hydrogens is 262 g/mol. The van der Waals surface area contributed by atoms with Gasteiger partial charge in [-0.25, -0.2) is 4.79 Å². The first kappa shape index (κ1) is 15.7. The van der Waals surface area contributed by atoms with Gasteiger partial charge in [0.05, 0.1) is 6.42 Å². The Morgan fingerprint density at radius 1 is 1.15 bits per heavy atom. The van der Waals surface area contributed by atoms with Crippen LogP contribution in [-0.2, 0) is 20.8 Å². The van der Waals surface area contributed by atoms with E-state index in [-0.39, 0.29) is 12.8 Å². The minimum absolute atomic E-state index is 0.154. The molecule has 0 heterocycles. The van der Waals surface area contributed by atoms with E-state index in [1.165, 1.54) is 6.92 Å². The summed E-state index contributed by atoms with van der Waals surface area (Å²) < 4.78 is 0. The van der Waals surface area contributed by atoms with Gasteiger partial charge in [0.15, 0.2) is 0 Å². The van der Waals surface area contributed by atoms with Crippen LogP contribution in [0.1, 0.15) is 18.9 Å². The molecule has 1 rings (SSSR count). The number of carbonyl (C=O) groups is 3. The highest BCUT2D eigenvalue weighted by atomic mass is 16.4. The van der Waals surface area contributed by atoms with Crippen LogP contribution in [0.4, 0.5) is 0 Å². The van der Waals surface area contributed by atoms with Crippen molar-refractivity contribution in [3.8, 4) is 0 Å². The Morgan fingerprint density at radius 2 is 1.75 bits per heavy atom. The van der Waals surface area contributed by atoms with Gasteiger partial charge in [-0.2, -0.15) is 0 Å². The van der Waals surface area contributed by atoms with E-state index in [2.05, 4.69) is 5.32 Å². The lowest BCUT2D eigenvalue weighted by Crippen LogP contribution is -2.44. The molecule has 1 aromatic carbocycles. The molecule has 6 heteroatoms. The highest BCUT2D eigenvalue weighted by Gasteiger charge is 2.24. The zero-order valence-corrected chi connectivity index (χ0v) is 11.1. The van der Waals surface area contributed by atoms with E-state index in [0.717, 1.165) is 5.56 Å². The number of carboxylic acid groups (broad SMARTS) is 2. The fraction of sp³-hybridized carbons (Fsp3) is 0.357. The quantitative estimate of drug-likeness (QED) is 0.688. The molecule has 3 N–H and O–H groups in total. The maximum Gasteiger partial charge on any atom is 0.326 e. The second kappa shape index (κ2) is 7.28. The molecule has 0 fully saturated rings. The van der Waals surface area contributed by atoms with E-state index < -0.39 is 29.8 Å². The van der Waals surface area contributed by atoms with Gasteiger partial charge in [0.25, 0.3) is 0 Å². The van der Waals surface area contributed by atoms with Crippen LogP contribution in [0.3, 0.4) is 0 Å². The summed E-state index contributed by atoms with van der Waals surface area (Å²) >= 11 is 0. The Hall–Kier alpha value is -2.37. The number of benzene rings is 1. The highest BCUT2D eigenvalue weighted by Crippen LogP contribution is 2.06. The molecule has 0 bridgehead atoms. The fourth-order valence-electron chi connectivity index (χ4n) is 1.72. The molecule has 0 saturated carbocycles. The van der Waals surface area contributed by atoms with Crippen LogP contribution in [-0.4, -0.2) is 34.1 Å². The Kier molecular flexibility index (Phi) is 5.71. The van der Waals surface area contributed by atoms with Crippen molar-refractivity contribution in [3.05, 3.63) is 35.9 Å². The third kappa shape index (κ3) is 5.09. The van der Waals surface area contributed by atoms with Crippen LogP contribution < -0.4 is 5.32 Å². The SMILES string of the molecule is C[C@@H](CC(=O)O)C(=O)N[C@@H](Cc1ccccc1)C(=O)O. The van der Waals surface area contributed by atoms with Gasteiger partial charge in [-0.3, -0.25) is 9.59 Å². The Bertz CT molecular complexity index is 486. The van der Waals surface area contributed by atoms with Crippen molar-refractivity contribution in [2.45, 2.75) is 25.8 Å². The van der Waals surface area contributed by atoms with Crippen molar-refractivity contribution >= 4 is 17.8 Å². The average Bonchev–Trinajstić information content (AvgIpc) is 2.38. The summed E-state index contributed by atoms with van der Waals surface area (Å²) in [7, 11) is 0. The molecule has 0 spiro atoms. The molecule has 0 aliphatic rings. The molecule has 2 atom stereocenters. The van der Waals surface area contributed by atoms with Gasteiger partial charge in [0, 0.05) is 12.3 Å².